The minimum Gasteiger partial charge on any atom is -0.468 e. The number of aryl methyl sites for hydroxylation is 1. The summed E-state index contributed by atoms with van der Waals surface area (Å²) in [6, 6.07) is 10.8. The van der Waals surface area contributed by atoms with Gasteiger partial charge in [0.25, 0.3) is 5.91 Å². The van der Waals surface area contributed by atoms with E-state index in [0.717, 1.165) is 24.0 Å². The molecule has 4 rings (SSSR count). The van der Waals surface area contributed by atoms with Gasteiger partial charge in [0.1, 0.15) is 5.76 Å². The molecular weight excluding hydrogens is 426 g/mol. The Labute approximate surface area is 191 Å². The molecule has 9 heteroatoms. The Morgan fingerprint density at radius 1 is 1.19 bits per heavy atom. The first-order chi connectivity index (χ1) is 15.6. The van der Waals surface area contributed by atoms with Gasteiger partial charge >= 0.3 is 0 Å². The maximum atomic E-state index is 12.7. The topological polar surface area (TPSA) is 92.4 Å². The lowest BCUT2D eigenvalue weighted by molar-refractivity contribution is -0.113. The molecule has 1 aliphatic rings. The van der Waals surface area contributed by atoms with Gasteiger partial charge in [-0.1, -0.05) is 11.8 Å². The smallest absolute Gasteiger partial charge is 0.251 e. The second-order valence-corrected chi connectivity index (χ2v) is 8.66. The van der Waals surface area contributed by atoms with Crippen LogP contribution in [0.25, 0.3) is 0 Å². The summed E-state index contributed by atoms with van der Waals surface area (Å²) < 4.78 is 7.48. The van der Waals surface area contributed by atoms with Gasteiger partial charge in [-0.15, -0.1) is 0 Å². The van der Waals surface area contributed by atoms with Crippen LogP contribution >= 0.6 is 11.8 Å². The number of thioether (sulfide) groups is 1. The quantitative estimate of drug-likeness (QED) is 0.483. The molecule has 0 spiro atoms. The first-order valence-electron chi connectivity index (χ1n) is 10.7. The summed E-state index contributed by atoms with van der Waals surface area (Å²) in [5.41, 5.74) is 1.20. The Morgan fingerprint density at radius 3 is 2.62 bits per heavy atom. The highest BCUT2D eigenvalue weighted by atomic mass is 32.2. The fourth-order valence-electron chi connectivity index (χ4n) is 3.76. The number of nitrogens with one attached hydrogen (secondary N) is 2. The summed E-state index contributed by atoms with van der Waals surface area (Å²) in [6.07, 6.45) is 7.54. The average Bonchev–Trinajstić information content (AvgIpc) is 3.57. The number of imidazole rings is 1. The van der Waals surface area contributed by atoms with E-state index in [2.05, 4.69) is 20.5 Å². The molecule has 2 amide bonds. The van der Waals surface area contributed by atoms with Crippen molar-refractivity contribution in [2.45, 2.75) is 24.0 Å². The van der Waals surface area contributed by atoms with Gasteiger partial charge in [-0.2, -0.15) is 0 Å². The van der Waals surface area contributed by atoms with Gasteiger partial charge in [0.15, 0.2) is 5.16 Å². The molecule has 1 atom stereocenters. The van der Waals surface area contributed by atoms with E-state index in [9.17, 15) is 9.59 Å². The largest absolute Gasteiger partial charge is 0.468 e. The molecule has 1 aromatic carbocycles. The minimum atomic E-state index is -0.149. The maximum absolute atomic E-state index is 12.7. The SMILES string of the molecule is Cn1ccnc1SCC(=O)Nc1ccc(C(=O)NC[C@H](c2ccco2)N2CCCC2)cc1. The molecule has 168 valence electrons. The number of aromatic nitrogens is 2. The van der Waals surface area contributed by atoms with Crippen LogP contribution in [0.4, 0.5) is 5.69 Å². The zero-order valence-corrected chi connectivity index (χ0v) is 18.8. The van der Waals surface area contributed by atoms with Gasteiger partial charge in [0.05, 0.1) is 18.1 Å². The molecule has 2 aromatic heterocycles. The number of furan rings is 1. The molecule has 0 unspecified atom stereocenters. The van der Waals surface area contributed by atoms with E-state index in [1.54, 1.807) is 36.7 Å². The lowest BCUT2D eigenvalue weighted by Crippen LogP contribution is -2.36. The molecule has 1 saturated heterocycles. The number of likely N-dealkylation sites (tertiary alicyclic amines) is 1. The first kappa shape index (κ1) is 22.2. The van der Waals surface area contributed by atoms with E-state index in [-0.39, 0.29) is 23.6 Å². The first-order valence-corrected chi connectivity index (χ1v) is 11.6. The predicted molar refractivity (Wildman–Crippen MR) is 124 cm³/mol. The van der Waals surface area contributed by atoms with E-state index in [1.807, 2.05) is 29.9 Å². The van der Waals surface area contributed by atoms with Crippen molar-refractivity contribution in [1.29, 1.82) is 0 Å². The van der Waals surface area contributed by atoms with Crippen LogP contribution in [0.1, 0.15) is 35.0 Å². The van der Waals surface area contributed by atoms with E-state index >= 15 is 0 Å². The number of hydrogen-bond donors (Lipinski definition) is 2. The third-order valence-corrected chi connectivity index (χ3v) is 6.51. The lowest BCUT2D eigenvalue weighted by atomic mass is 10.1. The second-order valence-electron chi connectivity index (χ2n) is 7.72. The van der Waals surface area contributed by atoms with Gasteiger partial charge in [-0.05, 0) is 62.3 Å². The van der Waals surface area contributed by atoms with Crippen LogP contribution in [0, 0.1) is 0 Å². The Bertz CT molecular complexity index is 1030. The molecule has 0 bridgehead atoms. The number of anilines is 1. The van der Waals surface area contributed by atoms with Crippen LogP contribution in [0.5, 0.6) is 0 Å². The van der Waals surface area contributed by atoms with Crippen molar-refractivity contribution in [3.63, 3.8) is 0 Å². The minimum absolute atomic E-state index is 0.0335. The van der Waals surface area contributed by atoms with Crippen molar-refractivity contribution in [3.8, 4) is 0 Å². The van der Waals surface area contributed by atoms with Crippen LogP contribution in [-0.4, -0.2) is 51.7 Å². The molecule has 8 nitrogen and oxygen atoms in total. The summed E-state index contributed by atoms with van der Waals surface area (Å²) in [5, 5.41) is 6.66. The molecule has 2 N–H and O–H groups in total. The highest BCUT2D eigenvalue weighted by molar-refractivity contribution is 7.99. The number of rotatable bonds is 9. The van der Waals surface area contributed by atoms with E-state index in [0.29, 0.717) is 17.8 Å². The molecule has 1 fully saturated rings. The summed E-state index contributed by atoms with van der Waals surface area (Å²) in [4.78, 5) is 31.4. The standard InChI is InChI=1S/C23H27N5O3S/c1-27-13-10-24-23(27)32-16-21(29)26-18-8-6-17(7-9-18)22(30)25-15-19(20-5-4-14-31-20)28-11-2-3-12-28/h4-10,13-14,19H,2-3,11-12,15-16H2,1H3,(H,25,30)(H,26,29)/t19-/m1/s1. The molecule has 0 saturated carbocycles. The van der Waals surface area contributed by atoms with Crippen molar-refractivity contribution in [2.24, 2.45) is 7.05 Å². The van der Waals surface area contributed by atoms with Crippen LogP contribution in [0.2, 0.25) is 0 Å². The van der Waals surface area contributed by atoms with Crippen molar-refractivity contribution in [2.75, 3.05) is 30.7 Å². The maximum Gasteiger partial charge on any atom is 0.251 e. The van der Waals surface area contributed by atoms with Gasteiger partial charge in [-0.25, -0.2) is 4.98 Å². The summed E-state index contributed by atoms with van der Waals surface area (Å²) in [5.74, 6) is 0.859. The van der Waals surface area contributed by atoms with Gasteiger partial charge in [0.2, 0.25) is 5.91 Å². The van der Waals surface area contributed by atoms with Crippen molar-refractivity contribution in [3.05, 3.63) is 66.4 Å². The van der Waals surface area contributed by atoms with E-state index < -0.39 is 0 Å². The highest BCUT2D eigenvalue weighted by Crippen LogP contribution is 2.25. The highest BCUT2D eigenvalue weighted by Gasteiger charge is 2.26. The fourth-order valence-corrected chi connectivity index (χ4v) is 4.49. The summed E-state index contributed by atoms with van der Waals surface area (Å²) in [6.45, 7) is 2.50. The normalized spacial score (nSPS) is 14.9. The van der Waals surface area contributed by atoms with Crippen LogP contribution in [-0.2, 0) is 11.8 Å². The Morgan fingerprint density at radius 2 is 1.97 bits per heavy atom. The molecule has 0 aliphatic carbocycles. The predicted octanol–water partition coefficient (Wildman–Crippen LogP) is 3.31. The van der Waals surface area contributed by atoms with Crippen LogP contribution < -0.4 is 10.6 Å². The second kappa shape index (κ2) is 10.5. The Hall–Kier alpha value is -3.04. The number of nitrogens with zero attached hydrogens (tertiary/aromatic N) is 3. The zero-order chi connectivity index (χ0) is 22.3. The monoisotopic (exact) mass is 453 g/mol. The lowest BCUT2D eigenvalue weighted by Gasteiger charge is -2.26. The number of amides is 2. The number of carbonyl (C=O) groups excluding carboxylic acids is 2. The van der Waals surface area contributed by atoms with E-state index in [1.165, 1.54) is 24.6 Å². The third kappa shape index (κ3) is 5.60. The molecule has 0 radical (unpaired) electrons. The van der Waals surface area contributed by atoms with E-state index in [4.69, 9.17) is 4.42 Å². The zero-order valence-electron chi connectivity index (χ0n) is 18.0. The Balaban J connectivity index is 1.28. The van der Waals surface area contributed by atoms with Gasteiger partial charge < -0.3 is 19.6 Å². The molecular formula is C23H27N5O3S. The van der Waals surface area contributed by atoms with Gasteiger partial charge in [0, 0.05) is 37.2 Å². The molecule has 3 heterocycles. The van der Waals surface area contributed by atoms with Crippen molar-refractivity contribution < 1.29 is 14.0 Å². The number of benzene rings is 1. The Kier molecular flexibility index (Phi) is 7.28. The van der Waals surface area contributed by atoms with Crippen LogP contribution in [0.3, 0.4) is 0 Å². The molecule has 1 aliphatic heterocycles. The summed E-state index contributed by atoms with van der Waals surface area (Å²) >= 11 is 1.37. The fraction of sp³-hybridized carbons (Fsp3) is 0.348. The van der Waals surface area contributed by atoms with Gasteiger partial charge in [-0.3, -0.25) is 14.5 Å². The number of carbonyl (C=O) groups is 2. The van der Waals surface area contributed by atoms with Crippen molar-refractivity contribution in [1.82, 2.24) is 19.8 Å². The third-order valence-electron chi connectivity index (χ3n) is 5.45. The van der Waals surface area contributed by atoms with Crippen molar-refractivity contribution >= 4 is 29.3 Å². The molecule has 32 heavy (non-hydrogen) atoms. The summed E-state index contributed by atoms with van der Waals surface area (Å²) in [7, 11) is 1.89. The average molecular weight is 454 g/mol. The number of hydrogen-bond acceptors (Lipinski definition) is 6. The molecule has 3 aromatic rings. The van der Waals surface area contributed by atoms with Crippen LogP contribution in [0.15, 0.2) is 64.6 Å².